The second-order valence-corrected chi connectivity index (χ2v) is 6.16. The molecule has 0 N–H and O–H groups in total. The first-order valence-electron chi connectivity index (χ1n) is 7.15. The molecule has 0 saturated heterocycles. The van der Waals surface area contributed by atoms with Crippen molar-refractivity contribution in [2.45, 2.75) is 0 Å². The van der Waals surface area contributed by atoms with Gasteiger partial charge in [-0.3, -0.25) is 0 Å². The van der Waals surface area contributed by atoms with E-state index in [1.165, 1.54) is 0 Å². The minimum Gasteiger partial charge on any atom is -0.205 e. The first-order valence-corrected chi connectivity index (χ1v) is 8.23. The van der Waals surface area contributed by atoms with E-state index in [4.69, 9.17) is 0 Å². The zero-order chi connectivity index (χ0) is 17.1. The quantitative estimate of drug-likeness (QED) is 0.510. The van der Waals surface area contributed by atoms with Crippen LogP contribution in [0.2, 0.25) is 0 Å². The summed E-state index contributed by atoms with van der Waals surface area (Å²) in [4.78, 5) is 0. The van der Waals surface area contributed by atoms with E-state index in [1.807, 2.05) is 40.8 Å². The molecule has 0 aliphatic carbocycles. The first-order chi connectivity index (χ1) is 11.7. The molecule has 0 aliphatic heterocycles. The molecule has 4 heteroatoms. The maximum Gasteiger partial charge on any atom is 0.150 e. The van der Waals surface area contributed by atoms with Crippen LogP contribution in [0.5, 0.6) is 0 Å². The highest BCUT2D eigenvalue weighted by Gasteiger charge is 2.24. The maximum absolute atomic E-state index is 15.1. The summed E-state index contributed by atoms with van der Waals surface area (Å²) in [5.41, 5.74) is 2.16. The molecule has 0 bridgehead atoms. The van der Waals surface area contributed by atoms with Crippen LogP contribution in [-0.2, 0) is 0 Å². The van der Waals surface area contributed by atoms with E-state index in [9.17, 15) is 10.5 Å². The summed E-state index contributed by atoms with van der Waals surface area (Å²) in [6.45, 7) is 0. The summed E-state index contributed by atoms with van der Waals surface area (Å²) in [6, 6.07) is 22.0. The van der Waals surface area contributed by atoms with E-state index in [0.717, 1.165) is 0 Å². The van der Waals surface area contributed by atoms with Crippen molar-refractivity contribution in [3.8, 4) is 34.4 Å². The van der Waals surface area contributed by atoms with Crippen molar-refractivity contribution in [2.75, 3.05) is 0 Å². The first kappa shape index (κ1) is 16.2. The third-order valence-electron chi connectivity index (χ3n) is 3.73. The van der Waals surface area contributed by atoms with E-state index in [0.29, 0.717) is 31.4 Å². The molecule has 0 heterocycles. The van der Waals surface area contributed by atoms with Crippen LogP contribution in [0.4, 0.5) is 4.39 Å². The number of nitriles is 2. The Kier molecular flexibility index (Phi) is 4.59. The number of nitrogens with zero attached hydrogens (tertiary/aromatic N) is 2. The highest BCUT2D eigenvalue weighted by molar-refractivity contribution is 14.1. The monoisotopic (exact) mass is 424 g/mol. The summed E-state index contributed by atoms with van der Waals surface area (Å²) in [6.07, 6.45) is 0. The molecule has 0 unspecified atom stereocenters. The van der Waals surface area contributed by atoms with Crippen molar-refractivity contribution in [2.24, 2.45) is 0 Å². The molecule has 2 nitrogen and oxygen atoms in total. The second kappa shape index (κ2) is 6.82. The molecule has 24 heavy (non-hydrogen) atoms. The Morgan fingerprint density at radius 2 is 1.17 bits per heavy atom. The van der Waals surface area contributed by atoms with Gasteiger partial charge in [-0.25, -0.2) is 4.39 Å². The summed E-state index contributed by atoms with van der Waals surface area (Å²) in [5.74, 6) is -0.592. The summed E-state index contributed by atoms with van der Waals surface area (Å²) < 4.78 is 15.7. The van der Waals surface area contributed by atoms with Crippen LogP contribution >= 0.6 is 22.6 Å². The smallest absolute Gasteiger partial charge is 0.150 e. The van der Waals surface area contributed by atoms with Gasteiger partial charge >= 0.3 is 0 Å². The lowest BCUT2D eigenvalue weighted by Gasteiger charge is -2.15. The molecule has 0 saturated carbocycles. The van der Waals surface area contributed by atoms with E-state index in [2.05, 4.69) is 6.07 Å². The van der Waals surface area contributed by atoms with Crippen molar-refractivity contribution in [3.63, 3.8) is 0 Å². The van der Waals surface area contributed by atoms with Crippen molar-refractivity contribution >= 4 is 22.6 Å². The largest absolute Gasteiger partial charge is 0.205 e. The van der Waals surface area contributed by atoms with Crippen LogP contribution in [0.15, 0.2) is 60.7 Å². The topological polar surface area (TPSA) is 47.6 Å². The predicted molar refractivity (Wildman–Crippen MR) is 99.4 cm³/mol. The molecule has 0 aliphatic rings. The van der Waals surface area contributed by atoms with E-state index in [-0.39, 0.29) is 5.56 Å². The standard InChI is InChI=1S/C20H10FIN2/c21-19-15(11-23)17(13-7-3-1-4-8-13)16(12-24)20(22)18(19)14-9-5-2-6-10-14/h1-10H. The molecule has 0 fully saturated rings. The minimum absolute atomic E-state index is 0.1000. The third kappa shape index (κ3) is 2.66. The molecular formula is C20H10FIN2. The Morgan fingerprint density at radius 3 is 1.62 bits per heavy atom. The van der Waals surface area contributed by atoms with E-state index >= 15 is 4.39 Å². The SMILES string of the molecule is N#Cc1c(F)c(-c2ccccc2)c(I)c(C#N)c1-c1ccccc1. The van der Waals surface area contributed by atoms with Crippen molar-refractivity contribution in [3.05, 3.63) is 81.2 Å². The van der Waals surface area contributed by atoms with Gasteiger partial charge in [-0.2, -0.15) is 10.5 Å². The van der Waals surface area contributed by atoms with E-state index < -0.39 is 5.82 Å². The van der Waals surface area contributed by atoms with Crippen LogP contribution < -0.4 is 0 Å². The number of benzene rings is 3. The van der Waals surface area contributed by atoms with Gasteiger partial charge in [0.15, 0.2) is 5.82 Å². The summed E-state index contributed by atoms with van der Waals surface area (Å²) in [7, 11) is 0. The van der Waals surface area contributed by atoms with Gasteiger partial charge in [0.2, 0.25) is 0 Å². The number of halogens is 2. The molecular weight excluding hydrogens is 414 g/mol. The molecule has 0 spiro atoms. The van der Waals surface area contributed by atoms with Crippen LogP contribution in [0, 0.1) is 32.0 Å². The lowest BCUT2D eigenvalue weighted by molar-refractivity contribution is 0.627. The molecule has 114 valence electrons. The van der Waals surface area contributed by atoms with Gasteiger partial charge in [-0.15, -0.1) is 0 Å². The molecule has 0 amide bonds. The average molecular weight is 424 g/mol. The molecule has 3 rings (SSSR count). The Hall–Kier alpha value is -2.70. The highest BCUT2D eigenvalue weighted by Crippen LogP contribution is 2.39. The highest BCUT2D eigenvalue weighted by atomic mass is 127. The van der Waals surface area contributed by atoms with Gasteiger partial charge in [0.05, 0.1) is 11.1 Å². The Balaban J connectivity index is 2.44. The van der Waals surface area contributed by atoms with Gasteiger partial charge in [-0.05, 0) is 33.7 Å². The number of hydrogen-bond donors (Lipinski definition) is 0. The van der Waals surface area contributed by atoms with Crippen LogP contribution in [0.1, 0.15) is 11.1 Å². The normalized spacial score (nSPS) is 10.0. The Labute approximate surface area is 152 Å². The van der Waals surface area contributed by atoms with Crippen LogP contribution in [0.25, 0.3) is 22.3 Å². The van der Waals surface area contributed by atoms with Crippen molar-refractivity contribution in [1.29, 1.82) is 10.5 Å². The van der Waals surface area contributed by atoms with E-state index in [1.54, 1.807) is 48.5 Å². The second-order valence-electron chi connectivity index (χ2n) is 5.08. The van der Waals surface area contributed by atoms with Crippen LogP contribution in [0.3, 0.4) is 0 Å². The van der Waals surface area contributed by atoms with Gasteiger partial charge in [0.1, 0.15) is 12.1 Å². The zero-order valence-electron chi connectivity index (χ0n) is 12.4. The number of hydrogen-bond acceptors (Lipinski definition) is 2. The van der Waals surface area contributed by atoms with Crippen molar-refractivity contribution < 1.29 is 4.39 Å². The molecule has 3 aromatic carbocycles. The maximum atomic E-state index is 15.1. The lowest BCUT2D eigenvalue weighted by atomic mass is 9.90. The van der Waals surface area contributed by atoms with Gasteiger partial charge in [-0.1, -0.05) is 60.7 Å². The molecule has 0 aromatic heterocycles. The number of rotatable bonds is 2. The summed E-state index contributed by atoms with van der Waals surface area (Å²) in [5, 5.41) is 19.2. The third-order valence-corrected chi connectivity index (χ3v) is 4.81. The fourth-order valence-electron chi connectivity index (χ4n) is 2.65. The average Bonchev–Trinajstić information content (AvgIpc) is 2.63. The lowest BCUT2D eigenvalue weighted by Crippen LogP contribution is -2.02. The fourth-order valence-corrected chi connectivity index (χ4v) is 3.59. The Bertz CT molecular complexity index is 943. The van der Waals surface area contributed by atoms with Gasteiger partial charge in [0, 0.05) is 14.7 Å². The summed E-state index contributed by atoms with van der Waals surface area (Å²) >= 11 is 1.98. The minimum atomic E-state index is -0.592. The fraction of sp³-hybridized carbons (Fsp3) is 0. The zero-order valence-corrected chi connectivity index (χ0v) is 14.6. The Morgan fingerprint density at radius 1 is 0.708 bits per heavy atom. The predicted octanol–water partition coefficient (Wildman–Crippen LogP) is 5.51. The van der Waals surface area contributed by atoms with Gasteiger partial charge < -0.3 is 0 Å². The molecule has 3 aromatic rings. The van der Waals surface area contributed by atoms with Crippen molar-refractivity contribution in [1.82, 2.24) is 0 Å². The molecule has 0 radical (unpaired) electrons. The van der Waals surface area contributed by atoms with Crippen LogP contribution in [-0.4, -0.2) is 0 Å². The van der Waals surface area contributed by atoms with Gasteiger partial charge in [0.25, 0.3) is 0 Å². The molecule has 0 atom stereocenters.